The van der Waals surface area contributed by atoms with Crippen LogP contribution in [0.5, 0.6) is 5.75 Å². The molecule has 0 radical (unpaired) electrons. The van der Waals surface area contributed by atoms with E-state index in [2.05, 4.69) is 0 Å². The Balaban J connectivity index is 2.47. The van der Waals surface area contributed by atoms with Gasteiger partial charge < -0.3 is 14.6 Å². The maximum absolute atomic E-state index is 12.7. The first-order chi connectivity index (χ1) is 10.8. The molecule has 0 spiro atoms. The van der Waals surface area contributed by atoms with Gasteiger partial charge in [0, 0.05) is 5.02 Å². The SMILES string of the molecule is COc1ccc(S(=O)(=O)N(CC(=O)[O-])c2ccc(Cl)cc2)cc1. The van der Waals surface area contributed by atoms with Gasteiger partial charge in [0.15, 0.2) is 0 Å². The fourth-order valence-electron chi connectivity index (χ4n) is 1.91. The van der Waals surface area contributed by atoms with Crippen molar-refractivity contribution >= 4 is 33.3 Å². The molecule has 0 aliphatic carbocycles. The van der Waals surface area contributed by atoms with Gasteiger partial charge in [0.05, 0.1) is 30.2 Å². The minimum atomic E-state index is -4.07. The number of carboxylic acids is 1. The van der Waals surface area contributed by atoms with Crippen LogP contribution in [0.4, 0.5) is 5.69 Å². The molecule has 0 unspecified atom stereocenters. The van der Waals surface area contributed by atoms with Crippen LogP contribution in [0.1, 0.15) is 0 Å². The number of carbonyl (C=O) groups excluding carboxylic acids is 1. The van der Waals surface area contributed by atoms with Gasteiger partial charge in [0.1, 0.15) is 5.75 Å². The minimum Gasteiger partial charge on any atom is -0.548 e. The zero-order valence-electron chi connectivity index (χ0n) is 12.1. The maximum Gasteiger partial charge on any atom is 0.264 e. The Hall–Kier alpha value is -2.25. The lowest BCUT2D eigenvalue weighted by Gasteiger charge is -2.25. The summed E-state index contributed by atoms with van der Waals surface area (Å²) in [4.78, 5) is 10.9. The number of carboxylic acid groups (broad SMARTS) is 1. The average molecular weight is 355 g/mol. The van der Waals surface area contributed by atoms with E-state index >= 15 is 0 Å². The summed E-state index contributed by atoms with van der Waals surface area (Å²) in [6.45, 7) is -0.810. The predicted molar refractivity (Wildman–Crippen MR) is 84.0 cm³/mol. The highest BCUT2D eigenvalue weighted by Gasteiger charge is 2.25. The van der Waals surface area contributed by atoms with Gasteiger partial charge >= 0.3 is 0 Å². The number of benzene rings is 2. The molecular weight excluding hydrogens is 342 g/mol. The van der Waals surface area contributed by atoms with Crippen molar-refractivity contribution in [1.29, 1.82) is 0 Å². The van der Waals surface area contributed by atoms with Crippen LogP contribution in [-0.4, -0.2) is 28.0 Å². The Morgan fingerprint density at radius 3 is 2.17 bits per heavy atom. The number of methoxy groups -OCH3 is 1. The number of hydrogen-bond acceptors (Lipinski definition) is 5. The van der Waals surface area contributed by atoms with Crippen molar-refractivity contribution < 1.29 is 23.1 Å². The van der Waals surface area contributed by atoms with Crippen LogP contribution in [0.2, 0.25) is 5.02 Å². The number of halogens is 1. The Morgan fingerprint density at radius 1 is 1.13 bits per heavy atom. The summed E-state index contributed by atoms with van der Waals surface area (Å²) in [6.07, 6.45) is 0. The molecular formula is C15H13ClNO5S-. The Labute approximate surface area is 138 Å². The van der Waals surface area contributed by atoms with Crippen LogP contribution in [0.3, 0.4) is 0 Å². The molecule has 0 aliphatic rings. The van der Waals surface area contributed by atoms with E-state index in [1.165, 1.54) is 55.6 Å². The van der Waals surface area contributed by atoms with Gasteiger partial charge in [0.2, 0.25) is 0 Å². The molecule has 2 aromatic carbocycles. The van der Waals surface area contributed by atoms with Gasteiger partial charge in [-0.2, -0.15) is 0 Å². The van der Waals surface area contributed by atoms with E-state index < -0.39 is 22.5 Å². The third-order valence-electron chi connectivity index (χ3n) is 3.03. The molecule has 0 atom stereocenters. The molecule has 2 rings (SSSR count). The van der Waals surface area contributed by atoms with Crippen molar-refractivity contribution in [2.45, 2.75) is 4.90 Å². The summed E-state index contributed by atoms with van der Waals surface area (Å²) in [5.74, 6) is -1.03. The second-order valence-electron chi connectivity index (χ2n) is 4.54. The largest absolute Gasteiger partial charge is 0.548 e. The van der Waals surface area contributed by atoms with Gasteiger partial charge in [-0.3, -0.25) is 4.31 Å². The molecule has 0 saturated carbocycles. The van der Waals surface area contributed by atoms with Crippen molar-refractivity contribution in [3.05, 3.63) is 53.6 Å². The molecule has 23 heavy (non-hydrogen) atoms. The monoisotopic (exact) mass is 354 g/mol. The van der Waals surface area contributed by atoms with Crippen LogP contribution in [0.25, 0.3) is 0 Å². The molecule has 0 aliphatic heterocycles. The van der Waals surface area contributed by atoms with Crippen molar-refractivity contribution in [1.82, 2.24) is 0 Å². The first-order valence-corrected chi connectivity index (χ1v) is 8.28. The van der Waals surface area contributed by atoms with Crippen molar-refractivity contribution in [2.75, 3.05) is 18.0 Å². The Kier molecular flexibility index (Phi) is 5.12. The first kappa shape index (κ1) is 17.1. The molecule has 0 amide bonds. The van der Waals surface area contributed by atoms with E-state index in [1.807, 2.05) is 0 Å². The van der Waals surface area contributed by atoms with Crippen LogP contribution >= 0.6 is 11.6 Å². The van der Waals surface area contributed by atoms with E-state index in [1.54, 1.807) is 0 Å². The highest BCUT2D eigenvalue weighted by Crippen LogP contribution is 2.26. The lowest BCUT2D eigenvalue weighted by Crippen LogP contribution is -2.41. The number of ether oxygens (including phenoxy) is 1. The molecule has 6 nitrogen and oxygen atoms in total. The summed E-state index contributed by atoms with van der Waals surface area (Å²) < 4.78 is 31.2. The van der Waals surface area contributed by atoms with Crippen LogP contribution in [-0.2, 0) is 14.8 Å². The fraction of sp³-hybridized carbons (Fsp3) is 0.133. The van der Waals surface area contributed by atoms with Gasteiger partial charge in [-0.25, -0.2) is 8.42 Å². The van der Waals surface area contributed by atoms with E-state index in [0.29, 0.717) is 10.8 Å². The fourth-order valence-corrected chi connectivity index (χ4v) is 3.45. The van der Waals surface area contributed by atoms with Gasteiger partial charge in [-0.05, 0) is 48.5 Å². The minimum absolute atomic E-state index is 0.0606. The average Bonchev–Trinajstić information content (AvgIpc) is 2.53. The van der Waals surface area contributed by atoms with Crippen LogP contribution in [0.15, 0.2) is 53.4 Å². The summed E-state index contributed by atoms with van der Waals surface area (Å²) in [7, 11) is -2.62. The molecule has 0 heterocycles. The van der Waals surface area contributed by atoms with Gasteiger partial charge in [0.25, 0.3) is 10.0 Å². The smallest absolute Gasteiger partial charge is 0.264 e. The van der Waals surface area contributed by atoms with E-state index in [-0.39, 0.29) is 10.6 Å². The Bertz CT molecular complexity index is 788. The molecule has 122 valence electrons. The van der Waals surface area contributed by atoms with Crippen molar-refractivity contribution in [3.63, 3.8) is 0 Å². The molecule has 0 aromatic heterocycles. The third-order valence-corrected chi connectivity index (χ3v) is 5.07. The van der Waals surface area contributed by atoms with Crippen LogP contribution in [0, 0.1) is 0 Å². The topological polar surface area (TPSA) is 86.7 Å². The van der Waals surface area contributed by atoms with Crippen molar-refractivity contribution in [3.8, 4) is 5.75 Å². The zero-order valence-corrected chi connectivity index (χ0v) is 13.7. The number of carbonyl (C=O) groups is 1. The molecule has 2 aromatic rings. The highest BCUT2D eigenvalue weighted by molar-refractivity contribution is 7.92. The summed E-state index contributed by atoms with van der Waals surface area (Å²) >= 11 is 5.78. The van der Waals surface area contributed by atoms with E-state index in [4.69, 9.17) is 16.3 Å². The number of anilines is 1. The normalized spacial score (nSPS) is 11.0. The first-order valence-electron chi connectivity index (χ1n) is 6.47. The molecule has 0 saturated heterocycles. The quantitative estimate of drug-likeness (QED) is 0.780. The second-order valence-corrected chi connectivity index (χ2v) is 6.83. The lowest BCUT2D eigenvalue weighted by atomic mass is 10.3. The zero-order chi connectivity index (χ0) is 17.0. The third kappa shape index (κ3) is 3.94. The number of nitrogens with zero attached hydrogens (tertiary/aromatic N) is 1. The molecule has 8 heteroatoms. The second kappa shape index (κ2) is 6.89. The summed E-state index contributed by atoms with van der Waals surface area (Å²) in [6, 6.07) is 11.4. The van der Waals surface area contributed by atoms with Gasteiger partial charge in [-0.15, -0.1) is 0 Å². The van der Waals surface area contributed by atoms with Crippen molar-refractivity contribution in [2.24, 2.45) is 0 Å². The summed E-state index contributed by atoms with van der Waals surface area (Å²) in [5, 5.41) is 11.4. The van der Waals surface area contributed by atoms with E-state index in [9.17, 15) is 18.3 Å². The molecule has 0 N–H and O–H groups in total. The lowest BCUT2D eigenvalue weighted by molar-refractivity contribution is -0.303. The van der Waals surface area contributed by atoms with Crippen LogP contribution < -0.4 is 14.1 Å². The van der Waals surface area contributed by atoms with Gasteiger partial charge in [-0.1, -0.05) is 11.6 Å². The number of aliphatic carboxylic acids is 1. The predicted octanol–water partition coefficient (Wildman–Crippen LogP) is 1.29. The molecule has 0 bridgehead atoms. The standard InChI is InChI=1S/C15H14ClNO5S/c1-22-13-6-8-14(9-7-13)23(20,21)17(10-15(18)19)12-4-2-11(16)3-5-12/h2-9H,10H2,1H3,(H,18,19)/p-1. The number of sulfonamides is 1. The summed E-state index contributed by atoms with van der Waals surface area (Å²) in [5.41, 5.74) is 0.175. The number of rotatable bonds is 6. The van der Waals surface area contributed by atoms with E-state index in [0.717, 1.165) is 4.31 Å². The highest BCUT2D eigenvalue weighted by atomic mass is 35.5. The number of hydrogen-bond donors (Lipinski definition) is 0. The maximum atomic E-state index is 12.7. The molecule has 0 fully saturated rings. The Morgan fingerprint density at radius 2 is 1.70 bits per heavy atom.